The summed E-state index contributed by atoms with van der Waals surface area (Å²) in [5, 5.41) is 0. The molecule has 2 aromatic carbocycles. The van der Waals surface area contributed by atoms with E-state index in [1.54, 1.807) is 0 Å². The van der Waals surface area contributed by atoms with Crippen molar-refractivity contribution in [2.45, 2.75) is 6.92 Å². The van der Waals surface area contributed by atoms with Gasteiger partial charge in [0, 0.05) is 0 Å². The molecular weight excluding hydrogens is 608 g/mol. The predicted octanol–water partition coefficient (Wildman–Crippen LogP) is 3.78. The molecule has 0 heterocycles. The summed E-state index contributed by atoms with van der Waals surface area (Å²) in [4.78, 5) is 6.95. The molecule has 0 bridgehead atoms. The second-order valence-electron chi connectivity index (χ2n) is 5.39. The molecule has 2 rings (SSSR count). The molecule has 0 fully saturated rings. The number of nitrogens with zero attached hydrogens (tertiary/aromatic N) is 2. The first-order valence-electron chi connectivity index (χ1n) is 8.88. The first-order valence-corrected chi connectivity index (χ1v) is 10.4. The Kier molecular flexibility index (Phi) is 33.5. The quantitative estimate of drug-likeness (QED) is 0.263. The van der Waals surface area contributed by atoms with E-state index in [0.29, 0.717) is 6.61 Å². The summed E-state index contributed by atoms with van der Waals surface area (Å²) in [5.41, 5.74) is 3.95. The van der Waals surface area contributed by atoms with Gasteiger partial charge in [-0.05, 0) is 0 Å². The number of rotatable bonds is 7. The van der Waals surface area contributed by atoms with Gasteiger partial charge in [-0.25, -0.2) is 0 Å². The third kappa shape index (κ3) is 17.4. The van der Waals surface area contributed by atoms with Gasteiger partial charge in [-0.1, -0.05) is 0 Å². The molecule has 0 spiro atoms. The van der Waals surface area contributed by atoms with E-state index in [4.69, 9.17) is 33.0 Å². The topological polar surface area (TPSA) is 124 Å². The van der Waals surface area contributed by atoms with Crippen molar-refractivity contribution in [1.82, 2.24) is 4.90 Å². The van der Waals surface area contributed by atoms with Crippen LogP contribution in [0, 0.1) is 33.3 Å². The van der Waals surface area contributed by atoms with E-state index in [0.717, 1.165) is 26.6 Å². The number of hydrogen-bond acceptors (Lipinski definition) is 3. The molecule has 0 aliphatic rings. The Balaban J connectivity index is -0.000000398. The Bertz CT molecular complexity index is 909. The van der Waals surface area contributed by atoms with Crippen molar-refractivity contribution in [3.63, 3.8) is 0 Å². The zero-order chi connectivity index (χ0) is 27.4. The van der Waals surface area contributed by atoms with E-state index in [9.17, 15) is 0 Å². The van der Waals surface area contributed by atoms with Crippen LogP contribution in [0.15, 0.2) is 77.4 Å². The third-order valence-electron chi connectivity index (χ3n) is 3.18. The second kappa shape index (κ2) is 29.9. The third-order valence-corrected chi connectivity index (χ3v) is 4.40. The average molecular weight is 630 g/mol. The molecule has 34 heavy (non-hydrogen) atoms. The molecule has 0 unspecified atom stereocenters. The van der Waals surface area contributed by atoms with Crippen LogP contribution in [0.3, 0.4) is 0 Å². The van der Waals surface area contributed by atoms with Crippen LogP contribution in [0.25, 0.3) is 0 Å². The molecule has 174 valence electrons. The minimum atomic E-state index is 0.650. The standard InChI is InChI=1S/C20H22N2O.5CO.W/c1-4-23-16-18(15-22(2)3)20(17-11-7-5-8-12-17)21-19-13-9-6-10-14-19;5*1-2;/h5-15H,4H2,1-3H3;;;;;;/b18-15-,21-20?;;;;;;. The number of hydrogen-bond donors (Lipinski definition) is 0. The molecule has 0 aliphatic carbocycles. The Hall–Kier alpha value is -3.13. The van der Waals surface area contributed by atoms with Gasteiger partial charge >= 0.3 is 212 Å². The van der Waals surface area contributed by atoms with Gasteiger partial charge in [0.1, 0.15) is 0 Å². The van der Waals surface area contributed by atoms with Crippen molar-refractivity contribution < 1.29 is 47.4 Å². The van der Waals surface area contributed by atoms with Gasteiger partial charge in [0.05, 0.1) is 0 Å². The number of para-hydroxylation sites is 1. The summed E-state index contributed by atoms with van der Waals surface area (Å²) >= 11 is 1.29. The van der Waals surface area contributed by atoms with Crippen LogP contribution in [0.5, 0.6) is 0 Å². The number of ether oxygens (including phenoxy) is 1. The van der Waals surface area contributed by atoms with Gasteiger partial charge in [-0.15, -0.1) is 0 Å². The molecule has 0 aliphatic heterocycles. The molecule has 0 aromatic heterocycles. The Morgan fingerprint density at radius 2 is 1.24 bits per heavy atom. The molecular formula is C25H22N2O6W. The molecule has 9 heteroatoms. The molecule has 2 aromatic rings. The van der Waals surface area contributed by atoms with Crippen LogP contribution >= 0.6 is 0 Å². The average Bonchev–Trinajstić information content (AvgIpc) is 2.93. The number of aliphatic imine (C=N–C) groups is 1. The van der Waals surface area contributed by atoms with Crippen LogP contribution < -0.4 is 0 Å². The summed E-state index contributed by atoms with van der Waals surface area (Å²) in [5.74, 6) is 0. The van der Waals surface area contributed by atoms with E-state index >= 15 is 0 Å². The Labute approximate surface area is 211 Å². The summed E-state index contributed by atoms with van der Waals surface area (Å²) in [6.07, 6.45) is 2.08. The fourth-order valence-electron chi connectivity index (χ4n) is 2.19. The van der Waals surface area contributed by atoms with Crippen molar-refractivity contribution in [2.75, 3.05) is 20.7 Å². The number of benzene rings is 2. The first kappa shape index (κ1) is 38.1. The summed E-state index contributed by atoms with van der Waals surface area (Å²) in [6, 6.07) is 20.3. The maximum atomic E-state index is 7.50. The monoisotopic (exact) mass is 630 g/mol. The van der Waals surface area contributed by atoms with Crippen LogP contribution in [-0.4, -0.2) is 35.4 Å². The van der Waals surface area contributed by atoms with Crippen molar-refractivity contribution in [2.24, 2.45) is 4.99 Å². The van der Waals surface area contributed by atoms with Gasteiger partial charge in [-0.2, -0.15) is 0 Å². The van der Waals surface area contributed by atoms with E-state index < -0.39 is 0 Å². The SMILES string of the molecule is CCO[C](=[W])/C(=C/N(C)C)C(=Nc1ccccc1)c1ccccc1.[C-]#[O+].[C-]#[O+].[C-]#[O+].[C-]#[O+].[C-]#[O+]. The normalized spacial score (nSPS) is 8.85. The summed E-state index contributed by atoms with van der Waals surface area (Å²) in [6.45, 7) is 25.2. The zero-order valence-corrected chi connectivity index (χ0v) is 21.7. The van der Waals surface area contributed by atoms with Crippen molar-refractivity contribution in [3.8, 4) is 0 Å². The zero-order valence-electron chi connectivity index (χ0n) is 18.8. The van der Waals surface area contributed by atoms with E-state index in [-0.39, 0.29) is 0 Å². The Morgan fingerprint density at radius 1 is 0.824 bits per heavy atom. The molecule has 0 N–H and O–H groups in total. The fourth-order valence-corrected chi connectivity index (χ4v) is 3.15. The van der Waals surface area contributed by atoms with E-state index in [1.165, 1.54) is 19.4 Å². The van der Waals surface area contributed by atoms with Crippen LogP contribution in [0.4, 0.5) is 5.69 Å². The van der Waals surface area contributed by atoms with Crippen LogP contribution in [0.2, 0.25) is 0 Å². The Morgan fingerprint density at radius 3 is 1.62 bits per heavy atom. The first-order chi connectivity index (χ1) is 16.6. The van der Waals surface area contributed by atoms with Crippen molar-refractivity contribution >= 4 is 15.5 Å². The fraction of sp³-hybridized carbons (Fsp3) is 0.160. The van der Waals surface area contributed by atoms with Gasteiger partial charge in [0.2, 0.25) is 0 Å². The molecule has 0 amide bonds. The van der Waals surface area contributed by atoms with E-state index in [1.807, 2.05) is 74.4 Å². The molecule has 8 nitrogen and oxygen atoms in total. The van der Waals surface area contributed by atoms with Crippen LogP contribution in [0.1, 0.15) is 12.5 Å². The summed E-state index contributed by atoms with van der Waals surface area (Å²) < 4.78 is 44.3. The summed E-state index contributed by atoms with van der Waals surface area (Å²) in [7, 11) is 4.03. The second-order valence-corrected chi connectivity index (χ2v) is 6.72. The van der Waals surface area contributed by atoms with Crippen molar-refractivity contribution in [1.29, 1.82) is 0 Å². The van der Waals surface area contributed by atoms with Gasteiger partial charge in [0.25, 0.3) is 0 Å². The molecule has 0 radical (unpaired) electrons. The molecule has 0 saturated carbocycles. The minimum absolute atomic E-state index is 0.650. The van der Waals surface area contributed by atoms with Gasteiger partial charge in [-0.3, -0.25) is 0 Å². The maximum absolute atomic E-state index is 7.50. The van der Waals surface area contributed by atoms with Gasteiger partial charge < -0.3 is 0 Å². The molecule has 0 atom stereocenters. The van der Waals surface area contributed by atoms with E-state index in [2.05, 4.69) is 51.6 Å². The predicted molar refractivity (Wildman–Crippen MR) is 117 cm³/mol. The molecule has 0 saturated heterocycles. The van der Waals surface area contributed by atoms with Crippen LogP contribution in [-0.2, 0) is 47.4 Å². The van der Waals surface area contributed by atoms with Gasteiger partial charge in [0.15, 0.2) is 0 Å². The van der Waals surface area contributed by atoms with Crippen molar-refractivity contribution in [3.05, 3.63) is 111 Å².